The fraction of sp³-hybridized carbons (Fsp3) is 0.333. The Hall–Kier alpha value is -1.52. The summed E-state index contributed by atoms with van der Waals surface area (Å²) in [4.78, 5) is 14.1. The monoisotopic (exact) mass is 201 g/mol. The topological polar surface area (TPSA) is 50.2 Å². The SMILES string of the molecule is CCc1cc(C(F)(F)C(=O)O)ccn1. The Morgan fingerprint density at radius 3 is 2.79 bits per heavy atom. The van der Waals surface area contributed by atoms with Crippen LogP contribution in [0.25, 0.3) is 0 Å². The smallest absolute Gasteiger partial charge is 0.379 e. The van der Waals surface area contributed by atoms with Crippen molar-refractivity contribution in [1.82, 2.24) is 4.98 Å². The van der Waals surface area contributed by atoms with E-state index in [1.165, 1.54) is 6.20 Å². The van der Waals surface area contributed by atoms with Crippen molar-refractivity contribution < 1.29 is 18.7 Å². The van der Waals surface area contributed by atoms with Gasteiger partial charge in [-0.3, -0.25) is 4.98 Å². The van der Waals surface area contributed by atoms with Crippen LogP contribution < -0.4 is 0 Å². The molecule has 5 heteroatoms. The standard InChI is InChI=1S/C9H9F2NO2/c1-2-7-5-6(3-4-12-7)9(10,11)8(13)14/h3-5H,2H2,1H3,(H,13,14). The second-order valence-electron chi connectivity index (χ2n) is 2.77. The van der Waals surface area contributed by atoms with E-state index in [9.17, 15) is 13.6 Å². The molecule has 0 atom stereocenters. The number of nitrogens with zero attached hydrogens (tertiary/aromatic N) is 1. The Balaban J connectivity index is 3.12. The van der Waals surface area contributed by atoms with E-state index in [0.717, 1.165) is 12.1 Å². The minimum absolute atomic E-state index is 0.448. The molecule has 0 bridgehead atoms. The van der Waals surface area contributed by atoms with Gasteiger partial charge in [0.1, 0.15) is 0 Å². The summed E-state index contributed by atoms with van der Waals surface area (Å²) in [5.41, 5.74) is -0.0831. The molecule has 1 aromatic heterocycles. The molecule has 0 aliphatic heterocycles. The second-order valence-corrected chi connectivity index (χ2v) is 2.77. The van der Waals surface area contributed by atoms with Gasteiger partial charge >= 0.3 is 11.9 Å². The molecule has 0 saturated heterocycles. The van der Waals surface area contributed by atoms with E-state index in [1.807, 2.05) is 0 Å². The average molecular weight is 201 g/mol. The van der Waals surface area contributed by atoms with Crippen LogP contribution in [0.15, 0.2) is 18.3 Å². The summed E-state index contributed by atoms with van der Waals surface area (Å²) in [6, 6.07) is 2.11. The van der Waals surface area contributed by atoms with E-state index in [2.05, 4.69) is 4.98 Å². The molecule has 0 aliphatic rings. The number of carboxylic acid groups (broad SMARTS) is 1. The summed E-state index contributed by atoms with van der Waals surface area (Å²) in [7, 11) is 0. The highest BCUT2D eigenvalue weighted by molar-refractivity contribution is 5.77. The molecule has 1 aromatic rings. The number of carbonyl (C=O) groups is 1. The summed E-state index contributed by atoms with van der Waals surface area (Å²) in [6.45, 7) is 1.75. The summed E-state index contributed by atoms with van der Waals surface area (Å²) >= 11 is 0. The molecule has 1 N–H and O–H groups in total. The first-order valence-electron chi connectivity index (χ1n) is 4.05. The minimum atomic E-state index is -3.84. The highest BCUT2D eigenvalue weighted by atomic mass is 19.3. The number of halogens is 2. The van der Waals surface area contributed by atoms with Crippen LogP contribution in [0.2, 0.25) is 0 Å². The number of rotatable bonds is 3. The van der Waals surface area contributed by atoms with E-state index >= 15 is 0 Å². The van der Waals surface area contributed by atoms with E-state index in [4.69, 9.17) is 5.11 Å². The van der Waals surface area contributed by atoms with Crippen LogP contribution in [0.1, 0.15) is 18.2 Å². The van der Waals surface area contributed by atoms with Crippen molar-refractivity contribution in [1.29, 1.82) is 0 Å². The molecular weight excluding hydrogens is 192 g/mol. The Kier molecular flexibility index (Phi) is 2.78. The normalized spacial score (nSPS) is 11.4. The molecule has 0 saturated carbocycles. The maximum absolute atomic E-state index is 13.0. The highest BCUT2D eigenvalue weighted by Gasteiger charge is 2.41. The van der Waals surface area contributed by atoms with Crippen molar-refractivity contribution in [2.75, 3.05) is 0 Å². The Bertz CT molecular complexity index is 352. The van der Waals surface area contributed by atoms with Crippen LogP contribution in [0.4, 0.5) is 8.78 Å². The summed E-state index contributed by atoms with van der Waals surface area (Å²) in [6.07, 6.45) is 1.68. The zero-order valence-electron chi connectivity index (χ0n) is 7.50. The lowest BCUT2D eigenvalue weighted by Crippen LogP contribution is -2.25. The lowest BCUT2D eigenvalue weighted by atomic mass is 10.1. The molecule has 0 aromatic carbocycles. The fourth-order valence-electron chi connectivity index (χ4n) is 0.990. The molecule has 0 fully saturated rings. The van der Waals surface area contributed by atoms with Gasteiger partial charge in [0, 0.05) is 17.5 Å². The first-order chi connectivity index (χ1) is 6.48. The van der Waals surface area contributed by atoms with Crippen molar-refractivity contribution in [2.24, 2.45) is 0 Å². The molecule has 14 heavy (non-hydrogen) atoms. The van der Waals surface area contributed by atoms with Crippen LogP contribution in [-0.4, -0.2) is 16.1 Å². The molecule has 0 radical (unpaired) electrons. The fourth-order valence-corrected chi connectivity index (χ4v) is 0.990. The largest absolute Gasteiger partial charge is 0.477 e. The van der Waals surface area contributed by atoms with E-state index in [0.29, 0.717) is 12.1 Å². The molecule has 1 rings (SSSR count). The van der Waals surface area contributed by atoms with Crippen LogP contribution in [0.5, 0.6) is 0 Å². The lowest BCUT2D eigenvalue weighted by molar-refractivity contribution is -0.166. The van der Waals surface area contributed by atoms with Crippen LogP contribution >= 0.6 is 0 Å². The molecule has 3 nitrogen and oxygen atoms in total. The van der Waals surface area contributed by atoms with Gasteiger partial charge in [0.25, 0.3) is 0 Å². The number of carboxylic acids is 1. The number of aromatic nitrogens is 1. The Labute approximate surface area is 79.4 Å². The first kappa shape index (κ1) is 10.6. The highest BCUT2D eigenvalue weighted by Crippen LogP contribution is 2.28. The molecule has 76 valence electrons. The average Bonchev–Trinajstić information content (AvgIpc) is 2.17. The predicted molar refractivity (Wildman–Crippen MR) is 45.1 cm³/mol. The van der Waals surface area contributed by atoms with Gasteiger partial charge in [-0.25, -0.2) is 4.79 Å². The van der Waals surface area contributed by atoms with E-state index in [1.54, 1.807) is 6.92 Å². The van der Waals surface area contributed by atoms with Gasteiger partial charge < -0.3 is 5.11 Å². The van der Waals surface area contributed by atoms with Crippen molar-refractivity contribution in [3.05, 3.63) is 29.6 Å². The Morgan fingerprint density at radius 1 is 1.64 bits per heavy atom. The van der Waals surface area contributed by atoms with Crippen molar-refractivity contribution >= 4 is 5.97 Å². The van der Waals surface area contributed by atoms with Gasteiger partial charge in [-0.1, -0.05) is 6.92 Å². The Morgan fingerprint density at radius 2 is 2.29 bits per heavy atom. The van der Waals surface area contributed by atoms with Crippen molar-refractivity contribution in [2.45, 2.75) is 19.3 Å². The quantitative estimate of drug-likeness (QED) is 0.811. The molecule has 0 unspecified atom stereocenters. The van der Waals surface area contributed by atoms with Crippen molar-refractivity contribution in [3.63, 3.8) is 0 Å². The molecule has 0 aliphatic carbocycles. The van der Waals surface area contributed by atoms with Gasteiger partial charge in [0.2, 0.25) is 0 Å². The van der Waals surface area contributed by atoms with E-state index in [-0.39, 0.29) is 0 Å². The van der Waals surface area contributed by atoms with E-state index < -0.39 is 17.5 Å². The zero-order chi connectivity index (χ0) is 10.8. The van der Waals surface area contributed by atoms with Gasteiger partial charge in [-0.15, -0.1) is 0 Å². The molecular formula is C9H9F2NO2. The molecule has 1 heterocycles. The number of alkyl halides is 2. The third kappa shape index (κ3) is 1.86. The lowest BCUT2D eigenvalue weighted by Gasteiger charge is -2.11. The third-order valence-electron chi connectivity index (χ3n) is 1.81. The predicted octanol–water partition coefficient (Wildman–Crippen LogP) is 1.82. The third-order valence-corrected chi connectivity index (χ3v) is 1.81. The zero-order valence-corrected chi connectivity index (χ0v) is 7.50. The number of pyridine rings is 1. The minimum Gasteiger partial charge on any atom is -0.477 e. The van der Waals surface area contributed by atoms with Crippen LogP contribution in [0, 0.1) is 0 Å². The van der Waals surface area contributed by atoms with Gasteiger partial charge in [0.15, 0.2) is 0 Å². The summed E-state index contributed by atoms with van der Waals surface area (Å²) in [5.74, 6) is -5.99. The second kappa shape index (κ2) is 3.69. The maximum Gasteiger partial charge on any atom is 0.379 e. The number of aryl methyl sites for hydroxylation is 1. The molecule has 0 spiro atoms. The number of aliphatic carboxylic acids is 1. The van der Waals surface area contributed by atoms with Crippen LogP contribution in [-0.2, 0) is 17.1 Å². The number of hydrogen-bond donors (Lipinski definition) is 1. The number of hydrogen-bond acceptors (Lipinski definition) is 2. The van der Waals surface area contributed by atoms with Gasteiger partial charge in [-0.2, -0.15) is 8.78 Å². The summed E-state index contributed by atoms with van der Waals surface area (Å²) < 4.78 is 25.9. The van der Waals surface area contributed by atoms with Crippen molar-refractivity contribution in [3.8, 4) is 0 Å². The molecule has 0 amide bonds. The van der Waals surface area contributed by atoms with Gasteiger partial charge in [-0.05, 0) is 18.6 Å². The van der Waals surface area contributed by atoms with Crippen LogP contribution in [0.3, 0.4) is 0 Å². The summed E-state index contributed by atoms with van der Waals surface area (Å²) in [5, 5.41) is 8.29. The van der Waals surface area contributed by atoms with Gasteiger partial charge in [0.05, 0.1) is 0 Å². The maximum atomic E-state index is 13.0. The first-order valence-corrected chi connectivity index (χ1v) is 4.05.